The number of anilines is 1. The normalized spacial score (nSPS) is 15.0. The highest BCUT2D eigenvalue weighted by Gasteiger charge is 2.32. The van der Waals surface area contributed by atoms with Crippen molar-refractivity contribution in [2.75, 3.05) is 17.1 Å². The molecule has 0 spiro atoms. The van der Waals surface area contributed by atoms with Gasteiger partial charge in [-0.15, -0.1) is 0 Å². The maximum atomic E-state index is 13.6. The van der Waals surface area contributed by atoms with Gasteiger partial charge in [0.2, 0.25) is 21.8 Å². The van der Waals surface area contributed by atoms with Gasteiger partial charge in [0.25, 0.3) is 0 Å². The number of para-hydroxylation sites is 1. The molecule has 1 atom stereocenters. The minimum Gasteiger partial charge on any atom is -0.352 e. The Morgan fingerprint density at radius 2 is 1.57 bits per heavy atom. The predicted octanol–water partition coefficient (Wildman–Crippen LogP) is 4.89. The number of amides is 2. The Labute approximate surface area is 221 Å². The Hall–Kier alpha value is -2.00. The fourth-order valence-electron chi connectivity index (χ4n) is 4.08. The molecule has 0 saturated heterocycles. The van der Waals surface area contributed by atoms with Crippen LogP contribution in [-0.4, -0.2) is 50.0 Å². The summed E-state index contributed by atoms with van der Waals surface area (Å²) in [5.74, 6) is -0.919. The van der Waals surface area contributed by atoms with Crippen LogP contribution in [0.2, 0.25) is 15.1 Å². The first-order chi connectivity index (χ1) is 16.5. The second-order valence-electron chi connectivity index (χ2n) is 8.61. The lowest BCUT2D eigenvalue weighted by Gasteiger charge is -2.32. The quantitative estimate of drug-likeness (QED) is 0.473. The summed E-state index contributed by atoms with van der Waals surface area (Å²) in [6.07, 6.45) is 4.85. The molecule has 1 saturated carbocycles. The molecule has 190 valence electrons. The Bertz CT molecular complexity index is 1170. The first-order valence-electron chi connectivity index (χ1n) is 11.2. The molecule has 2 aromatic rings. The molecular weight excluding hydrogens is 533 g/mol. The lowest BCUT2D eigenvalue weighted by molar-refractivity contribution is -0.139. The number of rotatable bonds is 9. The summed E-state index contributed by atoms with van der Waals surface area (Å²) in [6.45, 7) is 0.982. The van der Waals surface area contributed by atoms with Gasteiger partial charge in [-0.1, -0.05) is 65.8 Å². The van der Waals surface area contributed by atoms with Gasteiger partial charge < -0.3 is 10.2 Å². The first-order valence-corrected chi connectivity index (χ1v) is 14.2. The van der Waals surface area contributed by atoms with Gasteiger partial charge in [-0.3, -0.25) is 13.9 Å². The SMILES string of the molecule is C[C@H](C(=O)NC1CCCC1)N(Cc1c(Cl)cccc1Cl)C(=O)CN(c1ccccc1Cl)S(C)(=O)=O. The molecule has 2 aromatic carbocycles. The van der Waals surface area contributed by atoms with Crippen LogP contribution in [0.15, 0.2) is 42.5 Å². The molecule has 0 aromatic heterocycles. The fraction of sp³-hybridized carbons (Fsp3) is 0.417. The van der Waals surface area contributed by atoms with Gasteiger partial charge in [0.1, 0.15) is 12.6 Å². The van der Waals surface area contributed by atoms with E-state index in [-0.39, 0.29) is 29.2 Å². The number of hydrogen-bond acceptors (Lipinski definition) is 4. The highest BCUT2D eigenvalue weighted by Crippen LogP contribution is 2.29. The van der Waals surface area contributed by atoms with Crippen molar-refractivity contribution in [1.29, 1.82) is 0 Å². The van der Waals surface area contributed by atoms with Gasteiger partial charge >= 0.3 is 0 Å². The van der Waals surface area contributed by atoms with Crippen LogP contribution < -0.4 is 9.62 Å². The van der Waals surface area contributed by atoms with Gasteiger partial charge in [0.05, 0.1) is 17.0 Å². The van der Waals surface area contributed by atoms with Gasteiger partial charge in [-0.25, -0.2) is 8.42 Å². The Kier molecular flexibility index (Phi) is 9.32. The molecule has 1 fully saturated rings. The Balaban J connectivity index is 1.93. The summed E-state index contributed by atoms with van der Waals surface area (Å²) in [6, 6.07) is 10.5. The van der Waals surface area contributed by atoms with E-state index < -0.39 is 28.5 Å². The van der Waals surface area contributed by atoms with E-state index in [1.165, 1.54) is 11.0 Å². The molecular formula is C24H28Cl3N3O4S. The Morgan fingerprint density at radius 1 is 1.00 bits per heavy atom. The number of carbonyl (C=O) groups is 2. The van der Waals surface area contributed by atoms with E-state index in [2.05, 4.69) is 5.32 Å². The number of hydrogen-bond donors (Lipinski definition) is 1. The van der Waals surface area contributed by atoms with E-state index in [1.54, 1.807) is 43.3 Å². The molecule has 0 heterocycles. The van der Waals surface area contributed by atoms with Crippen molar-refractivity contribution in [3.8, 4) is 0 Å². The lowest BCUT2D eigenvalue weighted by Crippen LogP contribution is -2.52. The van der Waals surface area contributed by atoms with Crippen molar-refractivity contribution < 1.29 is 18.0 Å². The zero-order valence-electron chi connectivity index (χ0n) is 19.5. The monoisotopic (exact) mass is 559 g/mol. The number of nitrogens with zero attached hydrogens (tertiary/aromatic N) is 2. The summed E-state index contributed by atoms with van der Waals surface area (Å²) < 4.78 is 26.2. The first kappa shape index (κ1) is 27.6. The molecule has 0 aliphatic heterocycles. The van der Waals surface area contributed by atoms with E-state index in [0.717, 1.165) is 36.2 Å². The van der Waals surface area contributed by atoms with Crippen LogP contribution in [0.1, 0.15) is 38.2 Å². The van der Waals surface area contributed by atoms with Crippen LogP contribution in [0, 0.1) is 0 Å². The van der Waals surface area contributed by atoms with E-state index in [9.17, 15) is 18.0 Å². The summed E-state index contributed by atoms with van der Waals surface area (Å²) in [5, 5.41) is 3.86. The third kappa shape index (κ3) is 7.03. The second-order valence-corrected chi connectivity index (χ2v) is 11.7. The van der Waals surface area contributed by atoms with Crippen molar-refractivity contribution in [2.24, 2.45) is 0 Å². The molecule has 0 bridgehead atoms. The molecule has 1 aliphatic rings. The molecule has 3 rings (SSSR count). The maximum Gasteiger partial charge on any atom is 0.244 e. The van der Waals surface area contributed by atoms with Crippen LogP contribution in [-0.2, 0) is 26.2 Å². The second kappa shape index (κ2) is 11.8. The zero-order valence-corrected chi connectivity index (χ0v) is 22.6. The minimum atomic E-state index is -3.87. The number of benzene rings is 2. The van der Waals surface area contributed by atoms with Crippen molar-refractivity contribution in [2.45, 2.75) is 51.2 Å². The number of carbonyl (C=O) groups excluding carboxylic acids is 2. The lowest BCUT2D eigenvalue weighted by atomic mass is 10.1. The van der Waals surface area contributed by atoms with E-state index in [1.807, 2.05) is 0 Å². The average molecular weight is 561 g/mol. The molecule has 2 amide bonds. The number of halogens is 3. The predicted molar refractivity (Wildman–Crippen MR) is 141 cm³/mol. The van der Waals surface area contributed by atoms with E-state index in [0.29, 0.717) is 15.6 Å². The molecule has 0 radical (unpaired) electrons. The molecule has 7 nitrogen and oxygen atoms in total. The molecule has 1 N–H and O–H groups in total. The van der Waals surface area contributed by atoms with Crippen LogP contribution >= 0.6 is 34.8 Å². The summed E-state index contributed by atoms with van der Waals surface area (Å²) in [4.78, 5) is 28.0. The minimum absolute atomic E-state index is 0.0569. The van der Waals surface area contributed by atoms with Crippen LogP contribution in [0.3, 0.4) is 0 Å². The average Bonchev–Trinajstić information content (AvgIpc) is 3.29. The van der Waals surface area contributed by atoms with Gasteiger partial charge in [0.15, 0.2) is 0 Å². The summed E-state index contributed by atoms with van der Waals surface area (Å²) in [7, 11) is -3.87. The van der Waals surface area contributed by atoms with Crippen molar-refractivity contribution >= 4 is 62.3 Å². The third-order valence-corrected chi connectivity index (χ3v) is 8.21. The van der Waals surface area contributed by atoms with Gasteiger partial charge in [-0.2, -0.15) is 0 Å². The van der Waals surface area contributed by atoms with E-state index >= 15 is 0 Å². The van der Waals surface area contributed by atoms with Gasteiger partial charge in [0, 0.05) is 28.2 Å². The highest BCUT2D eigenvalue weighted by molar-refractivity contribution is 7.92. The summed E-state index contributed by atoms with van der Waals surface area (Å²) >= 11 is 18.9. The molecule has 35 heavy (non-hydrogen) atoms. The van der Waals surface area contributed by atoms with Crippen molar-refractivity contribution in [3.05, 3.63) is 63.1 Å². The topological polar surface area (TPSA) is 86.8 Å². The number of sulfonamides is 1. The van der Waals surface area contributed by atoms with Crippen molar-refractivity contribution in [1.82, 2.24) is 10.2 Å². The zero-order chi connectivity index (χ0) is 25.8. The summed E-state index contributed by atoms with van der Waals surface area (Å²) in [5.41, 5.74) is 0.636. The smallest absolute Gasteiger partial charge is 0.244 e. The highest BCUT2D eigenvalue weighted by atomic mass is 35.5. The fourth-order valence-corrected chi connectivity index (χ4v) is 5.74. The largest absolute Gasteiger partial charge is 0.352 e. The van der Waals surface area contributed by atoms with Gasteiger partial charge in [-0.05, 0) is 44.0 Å². The molecule has 0 unspecified atom stereocenters. The Morgan fingerprint density at radius 3 is 2.14 bits per heavy atom. The maximum absolute atomic E-state index is 13.6. The third-order valence-electron chi connectivity index (χ3n) is 6.06. The van der Waals surface area contributed by atoms with Crippen molar-refractivity contribution in [3.63, 3.8) is 0 Å². The van der Waals surface area contributed by atoms with Crippen LogP contribution in [0.4, 0.5) is 5.69 Å². The molecule has 11 heteroatoms. The van der Waals surface area contributed by atoms with Crippen LogP contribution in [0.5, 0.6) is 0 Å². The number of nitrogens with one attached hydrogen (secondary N) is 1. The molecule has 1 aliphatic carbocycles. The standard InChI is InChI=1S/C24H28Cl3N3O4S/c1-16(24(32)28-17-8-3-4-9-17)29(14-18-19(25)11-7-12-20(18)26)23(31)15-30(35(2,33)34)22-13-6-5-10-21(22)27/h5-7,10-13,16-17H,3-4,8-9,14-15H2,1-2H3,(H,28,32)/t16-/m1/s1. The van der Waals surface area contributed by atoms with E-state index in [4.69, 9.17) is 34.8 Å². The van der Waals surface area contributed by atoms with Crippen LogP contribution in [0.25, 0.3) is 0 Å².